The number of hydrogen-bond donors (Lipinski definition) is 2. The quantitative estimate of drug-likeness (QED) is 0.382. The first-order valence-electron chi connectivity index (χ1n) is 13.9. The minimum Gasteiger partial charge on any atom is -0.383 e. The van der Waals surface area contributed by atoms with Gasteiger partial charge in [-0.15, -0.1) is 0 Å². The van der Waals surface area contributed by atoms with E-state index in [-0.39, 0.29) is 24.0 Å². The number of methoxy groups -OCH3 is 1. The minimum atomic E-state index is -0.899. The summed E-state index contributed by atoms with van der Waals surface area (Å²) in [6.45, 7) is 8.18. The highest BCUT2D eigenvalue weighted by Gasteiger charge is 2.35. The molecule has 2 N–H and O–H groups in total. The minimum absolute atomic E-state index is 0.0577. The van der Waals surface area contributed by atoms with Crippen molar-refractivity contribution in [1.82, 2.24) is 25.0 Å². The maximum atomic E-state index is 14.1. The van der Waals surface area contributed by atoms with Crippen molar-refractivity contribution in [3.8, 4) is 11.3 Å². The molecule has 3 atom stereocenters. The number of amides is 2. The lowest BCUT2D eigenvalue weighted by Crippen LogP contribution is -2.42. The molecule has 8 nitrogen and oxygen atoms in total. The van der Waals surface area contributed by atoms with Gasteiger partial charge in [-0.05, 0) is 57.0 Å². The van der Waals surface area contributed by atoms with Crippen LogP contribution in [0.5, 0.6) is 0 Å². The van der Waals surface area contributed by atoms with Crippen LogP contribution in [0.25, 0.3) is 11.3 Å². The van der Waals surface area contributed by atoms with Crippen molar-refractivity contribution < 1.29 is 18.3 Å². The topological polar surface area (TPSA) is 84.3 Å². The number of pyridine rings is 1. The van der Waals surface area contributed by atoms with Crippen LogP contribution in [0.15, 0.2) is 54.6 Å². The summed E-state index contributed by atoms with van der Waals surface area (Å²) in [6, 6.07) is 7.16. The highest BCUT2D eigenvalue weighted by atomic mass is 19.2. The highest BCUT2D eigenvalue weighted by Crippen LogP contribution is 2.34. The van der Waals surface area contributed by atoms with E-state index in [4.69, 9.17) is 9.84 Å². The zero-order chi connectivity index (χ0) is 29.1. The van der Waals surface area contributed by atoms with Crippen molar-refractivity contribution in [3.63, 3.8) is 0 Å². The molecule has 0 bridgehead atoms. The van der Waals surface area contributed by atoms with Crippen LogP contribution in [0.4, 0.5) is 19.4 Å². The van der Waals surface area contributed by atoms with E-state index in [0.717, 1.165) is 40.7 Å². The average Bonchev–Trinajstić information content (AvgIpc) is 3.49. The molecule has 1 aliphatic carbocycles. The van der Waals surface area contributed by atoms with E-state index < -0.39 is 11.6 Å². The van der Waals surface area contributed by atoms with Gasteiger partial charge in [0.05, 0.1) is 24.4 Å². The SMILES string of the molecule is COCCN1C[C@@H](NC(=O)Nc2c(C)c(-c3cc(C)nc(C)c3)nn2C2C=CC=CC2)[C@H](c2ccc(F)c(F)c2)C1. The molecule has 3 aromatic rings. The first kappa shape index (κ1) is 28.6. The van der Waals surface area contributed by atoms with Crippen molar-refractivity contribution in [2.75, 3.05) is 38.7 Å². The molecule has 2 aromatic heterocycles. The van der Waals surface area contributed by atoms with Crippen molar-refractivity contribution in [1.29, 1.82) is 0 Å². The summed E-state index contributed by atoms with van der Waals surface area (Å²) >= 11 is 0. The summed E-state index contributed by atoms with van der Waals surface area (Å²) in [7, 11) is 1.64. The summed E-state index contributed by atoms with van der Waals surface area (Å²) < 4.78 is 34.9. The Bertz CT molecular complexity index is 1460. The number of carbonyl (C=O) groups is 1. The second-order valence-corrected chi connectivity index (χ2v) is 10.8. The van der Waals surface area contributed by atoms with Gasteiger partial charge in [-0.1, -0.05) is 30.4 Å². The normalized spacial score (nSPS) is 20.5. The smallest absolute Gasteiger partial charge is 0.320 e. The van der Waals surface area contributed by atoms with Gasteiger partial charge in [-0.25, -0.2) is 18.3 Å². The molecule has 1 aromatic carbocycles. The molecule has 3 heterocycles. The molecule has 10 heteroatoms. The number of anilines is 1. The van der Waals surface area contributed by atoms with E-state index in [1.165, 1.54) is 6.07 Å². The fourth-order valence-electron chi connectivity index (χ4n) is 5.73. The standard InChI is InChI=1S/C31H36F2N6O2/c1-19-14-23(15-20(2)34-19)29-21(3)30(39(37-29)24-8-6-5-7-9-24)36-31(40)35-28-18-38(12-13-41-4)17-25(28)22-10-11-26(32)27(33)16-22/h5-8,10-11,14-16,24-25,28H,9,12-13,17-18H2,1-4H3,(H2,35,36,40)/t24?,25-,28+/m0/s1. The van der Waals surface area contributed by atoms with Crippen LogP contribution >= 0.6 is 0 Å². The van der Waals surface area contributed by atoms with Crippen molar-refractivity contribution in [2.24, 2.45) is 0 Å². The van der Waals surface area contributed by atoms with Crippen LogP contribution in [0.3, 0.4) is 0 Å². The Morgan fingerprint density at radius 1 is 1.07 bits per heavy atom. The predicted molar refractivity (Wildman–Crippen MR) is 155 cm³/mol. The Labute approximate surface area is 239 Å². The molecule has 5 rings (SSSR count). The van der Waals surface area contributed by atoms with Crippen LogP contribution in [0.2, 0.25) is 0 Å². The molecule has 216 valence electrons. The Balaban J connectivity index is 1.42. The van der Waals surface area contributed by atoms with Gasteiger partial charge in [-0.3, -0.25) is 15.2 Å². The van der Waals surface area contributed by atoms with Gasteiger partial charge >= 0.3 is 6.03 Å². The first-order chi connectivity index (χ1) is 19.7. The average molecular weight is 563 g/mol. The maximum Gasteiger partial charge on any atom is 0.320 e. The zero-order valence-corrected chi connectivity index (χ0v) is 23.8. The number of nitrogens with zero attached hydrogens (tertiary/aromatic N) is 4. The predicted octanol–water partition coefficient (Wildman–Crippen LogP) is 5.44. The summed E-state index contributed by atoms with van der Waals surface area (Å²) in [5.41, 5.74) is 4.99. The van der Waals surface area contributed by atoms with Crippen LogP contribution < -0.4 is 10.6 Å². The molecule has 1 unspecified atom stereocenters. The Morgan fingerprint density at radius 2 is 1.85 bits per heavy atom. The van der Waals surface area contributed by atoms with E-state index >= 15 is 0 Å². The summed E-state index contributed by atoms with van der Waals surface area (Å²) in [6.07, 6.45) is 8.86. The number of rotatable bonds is 8. The molecule has 2 amide bonds. The molecule has 0 radical (unpaired) electrons. The van der Waals surface area contributed by atoms with Crippen LogP contribution in [-0.2, 0) is 4.74 Å². The lowest BCUT2D eigenvalue weighted by atomic mass is 9.94. The zero-order valence-electron chi connectivity index (χ0n) is 23.8. The van der Waals surface area contributed by atoms with Crippen molar-refractivity contribution in [3.05, 3.63) is 88.8 Å². The first-order valence-corrected chi connectivity index (χ1v) is 13.9. The van der Waals surface area contributed by atoms with E-state index in [9.17, 15) is 13.6 Å². The van der Waals surface area contributed by atoms with Gasteiger partial charge in [-0.2, -0.15) is 5.10 Å². The number of urea groups is 1. The number of nitrogens with one attached hydrogen (secondary N) is 2. The van der Waals surface area contributed by atoms with Gasteiger partial charge < -0.3 is 10.1 Å². The third kappa shape index (κ3) is 6.39. The molecule has 1 fully saturated rings. The van der Waals surface area contributed by atoms with Crippen molar-refractivity contribution in [2.45, 2.75) is 45.2 Å². The monoisotopic (exact) mass is 562 g/mol. The van der Waals surface area contributed by atoms with Gasteiger partial charge in [0.25, 0.3) is 0 Å². The number of aromatic nitrogens is 3. The van der Waals surface area contributed by atoms with Crippen LogP contribution in [0, 0.1) is 32.4 Å². The number of likely N-dealkylation sites (tertiary alicyclic amines) is 1. The third-order valence-electron chi connectivity index (χ3n) is 7.70. The lowest BCUT2D eigenvalue weighted by molar-refractivity contribution is 0.159. The number of allylic oxidation sites excluding steroid dienone is 4. The van der Waals surface area contributed by atoms with E-state index in [0.29, 0.717) is 37.6 Å². The fourth-order valence-corrected chi connectivity index (χ4v) is 5.73. The number of aryl methyl sites for hydroxylation is 2. The van der Waals surface area contributed by atoms with Crippen molar-refractivity contribution >= 4 is 11.8 Å². The van der Waals surface area contributed by atoms with Gasteiger partial charge in [0, 0.05) is 55.2 Å². The summed E-state index contributed by atoms with van der Waals surface area (Å²) in [5, 5.41) is 11.1. The molecular formula is C31H36F2N6O2. The Kier molecular flexibility index (Phi) is 8.60. The van der Waals surface area contributed by atoms with Gasteiger partial charge in [0.2, 0.25) is 0 Å². The second-order valence-electron chi connectivity index (χ2n) is 10.8. The number of carbonyl (C=O) groups excluding carboxylic acids is 1. The lowest BCUT2D eigenvalue weighted by Gasteiger charge is -2.22. The van der Waals surface area contributed by atoms with E-state index in [2.05, 4.69) is 32.7 Å². The summed E-state index contributed by atoms with van der Waals surface area (Å²) in [5.74, 6) is -1.41. The maximum absolute atomic E-state index is 14.1. The molecule has 0 spiro atoms. The molecule has 1 saturated heterocycles. The summed E-state index contributed by atoms with van der Waals surface area (Å²) in [4.78, 5) is 20.2. The fraction of sp³-hybridized carbons (Fsp3) is 0.387. The number of ether oxygens (including phenoxy) is 1. The number of benzene rings is 1. The molecule has 41 heavy (non-hydrogen) atoms. The van der Waals surface area contributed by atoms with Crippen LogP contribution in [0.1, 0.15) is 40.9 Å². The van der Waals surface area contributed by atoms with Gasteiger partial charge in [0.1, 0.15) is 5.82 Å². The Morgan fingerprint density at radius 3 is 2.54 bits per heavy atom. The third-order valence-corrected chi connectivity index (χ3v) is 7.70. The highest BCUT2D eigenvalue weighted by molar-refractivity contribution is 5.90. The van der Waals surface area contributed by atoms with E-state index in [1.807, 2.05) is 49.7 Å². The molecule has 2 aliphatic rings. The number of hydrogen-bond acceptors (Lipinski definition) is 5. The van der Waals surface area contributed by atoms with E-state index in [1.54, 1.807) is 13.2 Å². The van der Waals surface area contributed by atoms with Gasteiger partial charge in [0.15, 0.2) is 11.6 Å². The molecule has 1 aliphatic heterocycles. The second kappa shape index (κ2) is 12.3. The Hall–Kier alpha value is -3.89. The largest absolute Gasteiger partial charge is 0.383 e. The number of halogens is 2. The molecular weight excluding hydrogens is 526 g/mol. The van der Waals surface area contributed by atoms with Crippen LogP contribution in [-0.4, -0.2) is 65.1 Å². The molecule has 0 saturated carbocycles.